The number of thioether (sulfide) groups is 1. The summed E-state index contributed by atoms with van der Waals surface area (Å²) in [6.07, 6.45) is -4.33. The van der Waals surface area contributed by atoms with Gasteiger partial charge < -0.3 is 15.4 Å². The lowest BCUT2D eigenvalue weighted by molar-refractivity contribution is -0.274. The number of carbonyl (C=O) groups is 2. The topological polar surface area (TPSA) is 67.4 Å². The summed E-state index contributed by atoms with van der Waals surface area (Å²) >= 11 is 1.54. The fourth-order valence-corrected chi connectivity index (χ4v) is 3.39. The molecule has 3 rings (SSSR count). The van der Waals surface area contributed by atoms with E-state index in [2.05, 4.69) is 15.4 Å². The van der Waals surface area contributed by atoms with Gasteiger partial charge in [-0.25, -0.2) is 0 Å². The summed E-state index contributed by atoms with van der Waals surface area (Å²) < 4.78 is 40.2. The van der Waals surface area contributed by atoms with Crippen molar-refractivity contribution >= 4 is 29.3 Å². The molecule has 0 spiro atoms. The zero-order valence-corrected chi connectivity index (χ0v) is 14.7. The van der Waals surface area contributed by atoms with E-state index in [4.69, 9.17) is 0 Å². The van der Waals surface area contributed by atoms with Crippen molar-refractivity contribution in [2.45, 2.75) is 24.2 Å². The number of hydrogen-bond donors (Lipinski definition) is 2. The maximum absolute atomic E-state index is 12.3. The first-order chi connectivity index (χ1) is 12.8. The number of ether oxygens (including phenoxy) is 1. The van der Waals surface area contributed by atoms with Gasteiger partial charge in [0, 0.05) is 29.2 Å². The van der Waals surface area contributed by atoms with Crippen LogP contribution < -0.4 is 15.4 Å². The Hall–Kier alpha value is -2.68. The fourth-order valence-electron chi connectivity index (χ4n) is 2.45. The SMILES string of the molecule is O=C1CCSc2ccc(C(=O)NCc3ccc(OC(F)(F)F)cc3)cc2N1. The number of nitrogens with one attached hydrogen (secondary N) is 2. The molecular weight excluding hydrogens is 381 g/mol. The van der Waals surface area contributed by atoms with Gasteiger partial charge in [0.15, 0.2) is 0 Å². The number of benzene rings is 2. The second-order valence-corrected chi connectivity index (χ2v) is 6.87. The molecule has 0 unspecified atom stereocenters. The summed E-state index contributed by atoms with van der Waals surface area (Å²) in [7, 11) is 0. The Morgan fingerprint density at radius 1 is 1.19 bits per heavy atom. The van der Waals surface area contributed by atoms with Crippen LogP contribution in [0.25, 0.3) is 0 Å². The molecule has 0 aromatic heterocycles. The molecule has 0 bridgehead atoms. The first kappa shape index (κ1) is 19.1. The van der Waals surface area contributed by atoms with E-state index in [-0.39, 0.29) is 24.1 Å². The van der Waals surface area contributed by atoms with E-state index in [0.717, 1.165) is 4.90 Å². The molecule has 1 aliphatic rings. The molecule has 2 aromatic carbocycles. The summed E-state index contributed by atoms with van der Waals surface area (Å²) in [5.41, 5.74) is 1.61. The van der Waals surface area contributed by atoms with Gasteiger partial charge in [-0.3, -0.25) is 9.59 Å². The third-order valence-electron chi connectivity index (χ3n) is 3.71. The molecule has 0 saturated carbocycles. The number of anilines is 1. The second-order valence-electron chi connectivity index (χ2n) is 5.73. The average molecular weight is 396 g/mol. The quantitative estimate of drug-likeness (QED) is 0.821. The van der Waals surface area contributed by atoms with Crippen LogP contribution in [-0.4, -0.2) is 23.9 Å². The van der Waals surface area contributed by atoms with Gasteiger partial charge in [-0.05, 0) is 35.9 Å². The largest absolute Gasteiger partial charge is 0.573 e. The van der Waals surface area contributed by atoms with E-state index in [0.29, 0.717) is 29.0 Å². The Morgan fingerprint density at radius 2 is 1.93 bits per heavy atom. The minimum absolute atomic E-state index is 0.0972. The summed E-state index contributed by atoms with van der Waals surface area (Å²) in [5, 5.41) is 5.47. The fraction of sp³-hybridized carbons (Fsp3) is 0.222. The van der Waals surface area contributed by atoms with E-state index in [1.165, 1.54) is 24.3 Å². The highest BCUT2D eigenvalue weighted by atomic mass is 32.2. The third-order valence-corrected chi connectivity index (χ3v) is 4.79. The summed E-state index contributed by atoms with van der Waals surface area (Å²) in [6.45, 7) is 0.142. The molecule has 0 radical (unpaired) electrons. The Bertz CT molecular complexity index is 854. The number of amides is 2. The zero-order chi connectivity index (χ0) is 19.4. The van der Waals surface area contributed by atoms with Crippen LogP contribution in [0, 0.1) is 0 Å². The van der Waals surface area contributed by atoms with Crippen molar-refractivity contribution in [3.63, 3.8) is 0 Å². The molecule has 142 valence electrons. The number of rotatable bonds is 4. The van der Waals surface area contributed by atoms with Crippen LogP contribution in [0.3, 0.4) is 0 Å². The van der Waals surface area contributed by atoms with Crippen molar-refractivity contribution in [2.24, 2.45) is 0 Å². The molecule has 27 heavy (non-hydrogen) atoms. The lowest BCUT2D eigenvalue weighted by Crippen LogP contribution is -2.23. The van der Waals surface area contributed by atoms with Crippen molar-refractivity contribution in [2.75, 3.05) is 11.1 Å². The molecule has 9 heteroatoms. The van der Waals surface area contributed by atoms with Crippen molar-refractivity contribution in [1.29, 1.82) is 0 Å². The highest BCUT2D eigenvalue weighted by Gasteiger charge is 2.30. The normalized spacial score (nSPS) is 14.0. The summed E-state index contributed by atoms with van der Waals surface area (Å²) in [6, 6.07) is 10.3. The van der Waals surface area contributed by atoms with Crippen LogP contribution in [-0.2, 0) is 11.3 Å². The maximum Gasteiger partial charge on any atom is 0.573 e. The molecule has 1 heterocycles. The molecule has 0 aliphatic carbocycles. The molecule has 0 atom stereocenters. The Labute approximate surface area is 157 Å². The first-order valence-electron chi connectivity index (χ1n) is 8.00. The molecule has 0 fully saturated rings. The van der Waals surface area contributed by atoms with Crippen molar-refractivity contribution in [3.8, 4) is 5.75 Å². The van der Waals surface area contributed by atoms with E-state index in [1.54, 1.807) is 30.0 Å². The average Bonchev–Trinajstić information content (AvgIpc) is 2.79. The zero-order valence-electron chi connectivity index (χ0n) is 13.9. The summed E-state index contributed by atoms with van der Waals surface area (Å²) in [4.78, 5) is 24.9. The molecule has 2 aromatic rings. The molecule has 0 saturated heterocycles. The van der Waals surface area contributed by atoms with Crippen LogP contribution >= 0.6 is 11.8 Å². The monoisotopic (exact) mass is 396 g/mol. The smallest absolute Gasteiger partial charge is 0.406 e. The number of carbonyl (C=O) groups excluding carboxylic acids is 2. The predicted molar refractivity (Wildman–Crippen MR) is 94.7 cm³/mol. The van der Waals surface area contributed by atoms with E-state index >= 15 is 0 Å². The second kappa shape index (κ2) is 7.91. The minimum Gasteiger partial charge on any atom is -0.406 e. The van der Waals surface area contributed by atoms with Crippen molar-refractivity contribution in [3.05, 3.63) is 53.6 Å². The van der Waals surface area contributed by atoms with Gasteiger partial charge in [0.25, 0.3) is 5.91 Å². The third kappa shape index (κ3) is 5.40. The Balaban J connectivity index is 1.62. The molecule has 5 nitrogen and oxygen atoms in total. The Kier molecular flexibility index (Phi) is 5.59. The number of alkyl halides is 3. The highest BCUT2D eigenvalue weighted by Crippen LogP contribution is 2.31. The van der Waals surface area contributed by atoms with Gasteiger partial charge in [-0.1, -0.05) is 12.1 Å². The first-order valence-corrected chi connectivity index (χ1v) is 8.98. The van der Waals surface area contributed by atoms with Crippen LogP contribution in [0.5, 0.6) is 5.75 Å². The maximum atomic E-state index is 12.3. The van der Waals surface area contributed by atoms with E-state index in [1.807, 2.05) is 0 Å². The van der Waals surface area contributed by atoms with Crippen LogP contribution in [0.4, 0.5) is 18.9 Å². The number of hydrogen-bond acceptors (Lipinski definition) is 4. The highest BCUT2D eigenvalue weighted by molar-refractivity contribution is 7.99. The summed E-state index contributed by atoms with van der Waals surface area (Å²) in [5.74, 6) is -0.0910. The lowest BCUT2D eigenvalue weighted by Gasteiger charge is -2.11. The van der Waals surface area contributed by atoms with Gasteiger partial charge in [0.05, 0.1) is 5.69 Å². The predicted octanol–water partition coefficient (Wildman–Crippen LogP) is 3.95. The molecule has 2 N–H and O–H groups in total. The van der Waals surface area contributed by atoms with Gasteiger partial charge in [-0.2, -0.15) is 0 Å². The standard InChI is InChI=1S/C18H15F3N2O3S/c19-18(20,21)26-13-4-1-11(2-5-13)10-22-17(25)12-3-6-15-14(9-12)23-16(24)7-8-27-15/h1-6,9H,7-8,10H2,(H,22,25)(H,23,24). The van der Waals surface area contributed by atoms with Crippen molar-refractivity contribution in [1.82, 2.24) is 5.32 Å². The van der Waals surface area contributed by atoms with Gasteiger partial charge in [-0.15, -0.1) is 24.9 Å². The Morgan fingerprint density at radius 3 is 2.63 bits per heavy atom. The van der Waals surface area contributed by atoms with Crippen molar-refractivity contribution < 1.29 is 27.5 Å². The minimum atomic E-state index is -4.74. The lowest BCUT2D eigenvalue weighted by atomic mass is 10.1. The van der Waals surface area contributed by atoms with Crippen LogP contribution in [0.2, 0.25) is 0 Å². The number of fused-ring (bicyclic) bond motifs is 1. The van der Waals surface area contributed by atoms with Gasteiger partial charge in [0.2, 0.25) is 5.91 Å². The molecule has 1 aliphatic heterocycles. The number of halogens is 3. The van der Waals surface area contributed by atoms with Gasteiger partial charge >= 0.3 is 6.36 Å². The van der Waals surface area contributed by atoms with E-state index < -0.39 is 6.36 Å². The van der Waals surface area contributed by atoms with Crippen LogP contribution in [0.1, 0.15) is 22.3 Å². The van der Waals surface area contributed by atoms with E-state index in [9.17, 15) is 22.8 Å². The van der Waals surface area contributed by atoms with Crippen LogP contribution in [0.15, 0.2) is 47.4 Å². The van der Waals surface area contributed by atoms with Gasteiger partial charge in [0.1, 0.15) is 5.75 Å². The molecule has 2 amide bonds. The molecular formula is C18H15F3N2O3S.